The SMILES string of the molecule is COc1cc2c(c(C#N)c1OC)CCNCC2c1cccc(C)c1. The highest BCUT2D eigenvalue weighted by Gasteiger charge is 2.27. The molecule has 0 saturated carbocycles. The van der Waals surface area contributed by atoms with E-state index in [2.05, 4.69) is 42.6 Å². The molecule has 0 radical (unpaired) electrons. The van der Waals surface area contributed by atoms with Crippen LogP contribution in [0.1, 0.15) is 33.7 Å². The van der Waals surface area contributed by atoms with Gasteiger partial charge in [-0.15, -0.1) is 0 Å². The lowest BCUT2D eigenvalue weighted by Gasteiger charge is -2.22. The third-order valence-electron chi connectivity index (χ3n) is 4.64. The molecule has 2 aromatic carbocycles. The van der Waals surface area contributed by atoms with Crippen LogP contribution in [0.3, 0.4) is 0 Å². The summed E-state index contributed by atoms with van der Waals surface area (Å²) in [5.41, 5.74) is 5.29. The summed E-state index contributed by atoms with van der Waals surface area (Å²) in [4.78, 5) is 0. The Morgan fingerprint density at radius 2 is 2.04 bits per heavy atom. The first-order chi connectivity index (χ1) is 11.7. The van der Waals surface area contributed by atoms with Crippen molar-refractivity contribution in [3.05, 3.63) is 58.1 Å². The highest BCUT2D eigenvalue weighted by molar-refractivity contribution is 5.62. The molecule has 124 valence electrons. The standard InChI is InChI=1S/C20H22N2O2/c1-13-5-4-6-14(9-13)18-12-22-8-7-15-16(18)10-19(23-2)20(24-3)17(15)11-21/h4-6,9-10,18,22H,7-8,12H2,1-3H3. The number of hydrogen-bond acceptors (Lipinski definition) is 4. The first kappa shape index (κ1) is 16.4. The highest BCUT2D eigenvalue weighted by Crippen LogP contribution is 2.40. The maximum absolute atomic E-state index is 9.71. The van der Waals surface area contributed by atoms with Gasteiger partial charge in [0.1, 0.15) is 11.6 Å². The molecule has 1 unspecified atom stereocenters. The summed E-state index contributed by atoms with van der Waals surface area (Å²) in [5.74, 6) is 1.34. The average molecular weight is 322 g/mol. The fourth-order valence-corrected chi connectivity index (χ4v) is 3.51. The van der Waals surface area contributed by atoms with Crippen LogP contribution < -0.4 is 14.8 Å². The zero-order chi connectivity index (χ0) is 17.1. The van der Waals surface area contributed by atoms with E-state index >= 15 is 0 Å². The molecular weight excluding hydrogens is 300 g/mol. The van der Waals surface area contributed by atoms with Gasteiger partial charge in [0.15, 0.2) is 11.5 Å². The molecule has 0 saturated heterocycles. The maximum Gasteiger partial charge on any atom is 0.178 e. The Kier molecular flexibility index (Phi) is 4.73. The van der Waals surface area contributed by atoms with Crippen LogP contribution in [0, 0.1) is 18.3 Å². The van der Waals surface area contributed by atoms with Gasteiger partial charge in [0, 0.05) is 12.5 Å². The summed E-state index contributed by atoms with van der Waals surface area (Å²) in [5, 5.41) is 13.2. The molecule has 0 spiro atoms. The van der Waals surface area contributed by atoms with Gasteiger partial charge in [-0.3, -0.25) is 0 Å². The minimum absolute atomic E-state index is 0.189. The Hall–Kier alpha value is -2.51. The lowest BCUT2D eigenvalue weighted by molar-refractivity contribution is 0.353. The number of aryl methyl sites for hydroxylation is 1. The van der Waals surface area contributed by atoms with Gasteiger partial charge in [0.05, 0.1) is 14.2 Å². The molecule has 0 bridgehead atoms. The van der Waals surface area contributed by atoms with E-state index in [1.54, 1.807) is 14.2 Å². The van der Waals surface area contributed by atoms with Gasteiger partial charge in [-0.2, -0.15) is 5.26 Å². The Morgan fingerprint density at radius 3 is 2.71 bits per heavy atom. The van der Waals surface area contributed by atoms with E-state index in [0.717, 1.165) is 30.6 Å². The quantitative estimate of drug-likeness (QED) is 0.943. The van der Waals surface area contributed by atoms with Crippen LogP contribution in [0.15, 0.2) is 30.3 Å². The van der Waals surface area contributed by atoms with Gasteiger partial charge in [-0.25, -0.2) is 0 Å². The third-order valence-corrected chi connectivity index (χ3v) is 4.64. The summed E-state index contributed by atoms with van der Waals surface area (Å²) >= 11 is 0. The number of nitriles is 1. The Bertz CT molecular complexity index is 793. The molecule has 4 heteroatoms. The normalized spacial score (nSPS) is 16.7. The van der Waals surface area contributed by atoms with E-state index in [9.17, 15) is 5.26 Å². The minimum Gasteiger partial charge on any atom is -0.493 e. The number of fused-ring (bicyclic) bond motifs is 1. The molecule has 0 aromatic heterocycles. The predicted octanol–water partition coefficient (Wildman–Crippen LogP) is 3.16. The van der Waals surface area contributed by atoms with Crippen LogP contribution in [0.5, 0.6) is 11.5 Å². The average Bonchev–Trinajstić information content (AvgIpc) is 2.82. The van der Waals surface area contributed by atoms with Crippen LogP contribution in [-0.4, -0.2) is 27.3 Å². The van der Waals surface area contributed by atoms with Gasteiger partial charge >= 0.3 is 0 Å². The predicted molar refractivity (Wildman–Crippen MR) is 93.9 cm³/mol. The van der Waals surface area contributed by atoms with E-state index in [0.29, 0.717) is 17.1 Å². The third kappa shape index (κ3) is 2.83. The molecule has 1 N–H and O–H groups in total. The number of nitrogens with zero attached hydrogens (tertiary/aromatic N) is 1. The molecule has 0 fully saturated rings. The zero-order valence-corrected chi connectivity index (χ0v) is 14.3. The maximum atomic E-state index is 9.71. The fraction of sp³-hybridized carbons (Fsp3) is 0.350. The number of ether oxygens (including phenoxy) is 2. The molecule has 2 aromatic rings. The Balaban J connectivity index is 2.24. The number of benzene rings is 2. The van der Waals surface area contributed by atoms with Crippen LogP contribution in [0.2, 0.25) is 0 Å². The van der Waals surface area contributed by atoms with Crippen molar-refractivity contribution >= 4 is 0 Å². The van der Waals surface area contributed by atoms with E-state index < -0.39 is 0 Å². The summed E-state index contributed by atoms with van der Waals surface area (Å²) in [6, 6.07) is 12.9. The molecule has 0 aliphatic carbocycles. The van der Waals surface area contributed by atoms with Crippen molar-refractivity contribution in [1.82, 2.24) is 5.32 Å². The number of hydrogen-bond donors (Lipinski definition) is 1. The van der Waals surface area contributed by atoms with E-state index in [4.69, 9.17) is 9.47 Å². The Labute approximate surface area is 143 Å². The second kappa shape index (κ2) is 6.94. The van der Waals surface area contributed by atoms with Crippen LogP contribution in [0.25, 0.3) is 0 Å². The number of methoxy groups -OCH3 is 2. The van der Waals surface area contributed by atoms with Crippen LogP contribution >= 0.6 is 0 Å². The summed E-state index contributed by atoms with van der Waals surface area (Å²) in [6.07, 6.45) is 0.806. The van der Waals surface area contributed by atoms with Crippen LogP contribution in [0.4, 0.5) is 0 Å². The molecule has 1 aliphatic rings. The van der Waals surface area contributed by atoms with Crippen molar-refractivity contribution in [2.75, 3.05) is 27.3 Å². The first-order valence-electron chi connectivity index (χ1n) is 8.14. The topological polar surface area (TPSA) is 54.3 Å². The molecule has 1 heterocycles. The van der Waals surface area contributed by atoms with Crippen molar-refractivity contribution in [2.24, 2.45) is 0 Å². The molecule has 1 atom stereocenters. The van der Waals surface area contributed by atoms with Crippen molar-refractivity contribution in [2.45, 2.75) is 19.3 Å². The highest BCUT2D eigenvalue weighted by atomic mass is 16.5. The molecular formula is C20H22N2O2. The Morgan fingerprint density at radius 1 is 1.21 bits per heavy atom. The van der Waals surface area contributed by atoms with Gasteiger partial charge in [0.25, 0.3) is 0 Å². The van der Waals surface area contributed by atoms with Gasteiger partial charge in [-0.1, -0.05) is 29.8 Å². The molecule has 3 rings (SSSR count). The van der Waals surface area contributed by atoms with Gasteiger partial charge in [-0.05, 0) is 42.6 Å². The molecule has 1 aliphatic heterocycles. The molecule has 0 amide bonds. The smallest absolute Gasteiger partial charge is 0.178 e. The minimum atomic E-state index is 0.189. The van der Waals surface area contributed by atoms with Crippen molar-refractivity contribution in [3.8, 4) is 17.6 Å². The summed E-state index contributed by atoms with van der Waals surface area (Å²) in [7, 11) is 3.19. The van der Waals surface area contributed by atoms with Crippen molar-refractivity contribution in [3.63, 3.8) is 0 Å². The lowest BCUT2D eigenvalue weighted by atomic mass is 9.85. The first-order valence-corrected chi connectivity index (χ1v) is 8.14. The second-order valence-electron chi connectivity index (χ2n) is 6.09. The van der Waals surface area contributed by atoms with Gasteiger partial charge in [0.2, 0.25) is 0 Å². The fourth-order valence-electron chi connectivity index (χ4n) is 3.51. The zero-order valence-electron chi connectivity index (χ0n) is 14.3. The van der Waals surface area contributed by atoms with Crippen molar-refractivity contribution in [1.29, 1.82) is 5.26 Å². The summed E-state index contributed by atoms with van der Waals surface area (Å²) < 4.78 is 11.0. The molecule has 4 nitrogen and oxygen atoms in total. The summed E-state index contributed by atoms with van der Waals surface area (Å²) in [6.45, 7) is 3.79. The monoisotopic (exact) mass is 322 g/mol. The van der Waals surface area contributed by atoms with E-state index in [1.807, 2.05) is 6.07 Å². The molecule has 24 heavy (non-hydrogen) atoms. The lowest BCUT2D eigenvalue weighted by Crippen LogP contribution is -2.20. The number of nitrogens with one attached hydrogen (secondary N) is 1. The van der Waals surface area contributed by atoms with Gasteiger partial charge < -0.3 is 14.8 Å². The van der Waals surface area contributed by atoms with E-state index in [-0.39, 0.29) is 5.92 Å². The van der Waals surface area contributed by atoms with E-state index in [1.165, 1.54) is 11.1 Å². The largest absolute Gasteiger partial charge is 0.493 e. The van der Waals surface area contributed by atoms with Crippen LogP contribution in [-0.2, 0) is 6.42 Å². The second-order valence-corrected chi connectivity index (χ2v) is 6.09. The van der Waals surface area contributed by atoms with Crippen molar-refractivity contribution < 1.29 is 9.47 Å². The number of rotatable bonds is 3.